The van der Waals surface area contributed by atoms with Crippen LogP contribution in [0.4, 0.5) is 15.8 Å². The summed E-state index contributed by atoms with van der Waals surface area (Å²) in [6.45, 7) is 0.166. The zero-order valence-corrected chi connectivity index (χ0v) is 11.6. The van der Waals surface area contributed by atoms with Gasteiger partial charge in [0.1, 0.15) is 11.5 Å². The molecule has 2 N–H and O–H groups in total. The second-order valence-electron chi connectivity index (χ2n) is 4.37. The molecule has 0 fully saturated rings. The number of halogens is 2. The van der Waals surface area contributed by atoms with Crippen LogP contribution in [-0.2, 0) is 13.2 Å². The van der Waals surface area contributed by atoms with E-state index in [1.165, 1.54) is 0 Å². The Morgan fingerprint density at radius 3 is 2.67 bits per heavy atom. The van der Waals surface area contributed by atoms with Gasteiger partial charge in [-0.3, -0.25) is 10.1 Å². The van der Waals surface area contributed by atoms with Gasteiger partial charge in [0, 0.05) is 18.7 Å². The molecule has 0 atom stereocenters. The first-order valence-corrected chi connectivity index (χ1v) is 6.45. The Kier molecular flexibility index (Phi) is 4.72. The first-order valence-electron chi connectivity index (χ1n) is 6.07. The number of rotatable bonds is 5. The van der Waals surface area contributed by atoms with E-state index in [-0.39, 0.29) is 29.5 Å². The lowest BCUT2D eigenvalue weighted by Gasteiger charge is -2.09. The van der Waals surface area contributed by atoms with Gasteiger partial charge in [-0.1, -0.05) is 35.9 Å². The van der Waals surface area contributed by atoms with E-state index in [0.29, 0.717) is 0 Å². The lowest BCUT2D eigenvalue weighted by molar-refractivity contribution is -0.384. The van der Waals surface area contributed by atoms with Crippen molar-refractivity contribution in [1.29, 1.82) is 0 Å². The maximum absolute atomic E-state index is 13.4. The minimum absolute atomic E-state index is 0.0521. The molecule has 0 saturated heterocycles. The third kappa shape index (κ3) is 3.68. The van der Waals surface area contributed by atoms with E-state index in [1.807, 2.05) is 0 Å². The SMILES string of the molecule is O=[N+]([O-])c1cc(Cl)c(F)cc1NCc1cccc(CO)c1. The van der Waals surface area contributed by atoms with E-state index in [1.54, 1.807) is 24.3 Å². The molecular weight excluding hydrogens is 299 g/mol. The van der Waals surface area contributed by atoms with Gasteiger partial charge in [0.2, 0.25) is 0 Å². The fraction of sp³-hybridized carbons (Fsp3) is 0.143. The molecule has 2 aromatic carbocycles. The van der Waals surface area contributed by atoms with E-state index in [2.05, 4.69) is 5.32 Å². The normalized spacial score (nSPS) is 10.4. The molecule has 0 aliphatic rings. The highest BCUT2D eigenvalue weighted by atomic mass is 35.5. The van der Waals surface area contributed by atoms with Crippen molar-refractivity contribution < 1.29 is 14.4 Å². The smallest absolute Gasteiger partial charge is 0.294 e. The standard InChI is InChI=1S/C14H12ClFN2O3/c15-11-5-14(18(20)21)13(6-12(11)16)17-7-9-2-1-3-10(4-9)8-19/h1-6,17,19H,7-8H2. The number of hydrogen-bond donors (Lipinski definition) is 2. The van der Waals surface area contributed by atoms with Crippen molar-refractivity contribution in [3.63, 3.8) is 0 Å². The lowest BCUT2D eigenvalue weighted by Crippen LogP contribution is -2.04. The van der Waals surface area contributed by atoms with E-state index >= 15 is 0 Å². The number of nitro groups is 1. The highest BCUT2D eigenvalue weighted by Gasteiger charge is 2.17. The van der Waals surface area contributed by atoms with Gasteiger partial charge in [0.05, 0.1) is 16.6 Å². The second kappa shape index (κ2) is 6.51. The molecule has 0 saturated carbocycles. The number of aliphatic hydroxyl groups excluding tert-OH is 1. The van der Waals surface area contributed by atoms with Crippen molar-refractivity contribution >= 4 is 23.0 Å². The van der Waals surface area contributed by atoms with Crippen molar-refractivity contribution in [3.05, 3.63) is 68.5 Å². The maximum atomic E-state index is 13.4. The molecule has 0 aliphatic carbocycles. The Balaban J connectivity index is 2.22. The molecule has 0 unspecified atom stereocenters. The Bertz CT molecular complexity index is 679. The number of hydrogen-bond acceptors (Lipinski definition) is 4. The second-order valence-corrected chi connectivity index (χ2v) is 4.78. The van der Waals surface area contributed by atoms with E-state index in [9.17, 15) is 14.5 Å². The molecule has 2 aromatic rings. The number of aliphatic hydroxyl groups is 1. The first-order chi connectivity index (χ1) is 10.0. The van der Waals surface area contributed by atoms with Crippen LogP contribution in [-0.4, -0.2) is 10.0 Å². The predicted molar refractivity (Wildman–Crippen MR) is 77.8 cm³/mol. The fourth-order valence-corrected chi connectivity index (χ4v) is 2.02. The largest absolute Gasteiger partial charge is 0.392 e. The van der Waals surface area contributed by atoms with Gasteiger partial charge < -0.3 is 10.4 Å². The van der Waals surface area contributed by atoms with Crippen LogP contribution in [0.2, 0.25) is 5.02 Å². The van der Waals surface area contributed by atoms with Crippen LogP contribution in [0.1, 0.15) is 11.1 Å². The summed E-state index contributed by atoms with van der Waals surface area (Å²) < 4.78 is 13.4. The summed E-state index contributed by atoms with van der Waals surface area (Å²) >= 11 is 5.55. The molecule has 2 rings (SSSR count). The summed E-state index contributed by atoms with van der Waals surface area (Å²) in [5.41, 5.74) is 1.30. The van der Waals surface area contributed by atoms with Crippen molar-refractivity contribution in [2.75, 3.05) is 5.32 Å². The lowest BCUT2D eigenvalue weighted by atomic mass is 10.1. The number of benzene rings is 2. The highest BCUT2D eigenvalue weighted by molar-refractivity contribution is 6.31. The van der Waals surface area contributed by atoms with Crippen LogP contribution in [0.25, 0.3) is 0 Å². The van der Waals surface area contributed by atoms with Crippen LogP contribution in [0.5, 0.6) is 0 Å². The molecule has 7 heteroatoms. The summed E-state index contributed by atoms with van der Waals surface area (Å²) in [5, 5.41) is 22.5. The monoisotopic (exact) mass is 310 g/mol. The van der Waals surface area contributed by atoms with Gasteiger partial charge in [0.25, 0.3) is 5.69 Å². The third-order valence-corrected chi connectivity index (χ3v) is 3.18. The van der Waals surface area contributed by atoms with Crippen molar-refractivity contribution in [2.45, 2.75) is 13.2 Å². The molecule has 5 nitrogen and oxygen atoms in total. The summed E-state index contributed by atoms with van der Waals surface area (Å²) in [6, 6.07) is 9.04. The van der Waals surface area contributed by atoms with Gasteiger partial charge in [-0.25, -0.2) is 4.39 Å². The van der Waals surface area contributed by atoms with Crippen LogP contribution in [0.15, 0.2) is 36.4 Å². The molecule has 0 radical (unpaired) electrons. The minimum Gasteiger partial charge on any atom is -0.392 e. The van der Waals surface area contributed by atoms with Gasteiger partial charge in [-0.05, 0) is 11.1 Å². The Morgan fingerprint density at radius 1 is 1.29 bits per heavy atom. The summed E-state index contributed by atoms with van der Waals surface area (Å²) in [6.07, 6.45) is 0. The maximum Gasteiger partial charge on any atom is 0.294 e. The predicted octanol–water partition coefficient (Wildman–Crippen LogP) is 3.49. The van der Waals surface area contributed by atoms with E-state index in [0.717, 1.165) is 23.3 Å². The molecule has 0 aromatic heterocycles. The van der Waals surface area contributed by atoms with Gasteiger partial charge in [-0.2, -0.15) is 0 Å². The summed E-state index contributed by atoms with van der Waals surface area (Å²) in [7, 11) is 0. The van der Waals surface area contributed by atoms with E-state index < -0.39 is 10.7 Å². The molecule has 0 aliphatic heterocycles. The van der Waals surface area contributed by atoms with Gasteiger partial charge in [0.15, 0.2) is 0 Å². The molecular formula is C14H12ClFN2O3. The Hall–Kier alpha value is -2.18. The molecule has 21 heavy (non-hydrogen) atoms. The fourth-order valence-electron chi connectivity index (χ4n) is 1.86. The molecule has 0 heterocycles. The number of nitrogens with zero attached hydrogens (tertiary/aromatic N) is 1. The number of anilines is 1. The van der Waals surface area contributed by atoms with Crippen LogP contribution in [0.3, 0.4) is 0 Å². The van der Waals surface area contributed by atoms with Crippen molar-refractivity contribution in [3.8, 4) is 0 Å². The van der Waals surface area contributed by atoms with Crippen molar-refractivity contribution in [2.24, 2.45) is 0 Å². The average Bonchev–Trinajstić information content (AvgIpc) is 2.48. The average molecular weight is 311 g/mol. The third-order valence-electron chi connectivity index (χ3n) is 2.89. The molecule has 0 spiro atoms. The molecule has 0 amide bonds. The van der Waals surface area contributed by atoms with E-state index in [4.69, 9.17) is 16.7 Å². The Labute approximate surface area is 125 Å². The molecule has 0 bridgehead atoms. The molecule has 110 valence electrons. The van der Waals surface area contributed by atoms with Gasteiger partial charge in [-0.15, -0.1) is 0 Å². The Morgan fingerprint density at radius 2 is 2.00 bits per heavy atom. The zero-order valence-electron chi connectivity index (χ0n) is 10.8. The van der Waals surface area contributed by atoms with Crippen LogP contribution in [0, 0.1) is 15.9 Å². The topological polar surface area (TPSA) is 75.4 Å². The zero-order chi connectivity index (χ0) is 15.4. The highest BCUT2D eigenvalue weighted by Crippen LogP contribution is 2.30. The summed E-state index contributed by atoms with van der Waals surface area (Å²) in [4.78, 5) is 10.3. The quantitative estimate of drug-likeness (QED) is 0.655. The van der Waals surface area contributed by atoms with Crippen LogP contribution < -0.4 is 5.32 Å². The van der Waals surface area contributed by atoms with Crippen molar-refractivity contribution in [1.82, 2.24) is 0 Å². The summed E-state index contributed by atoms with van der Waals surface area (Å²) in [5.74, 6) is -0.728. The number of nitro benzene ring substituents is 1. The number of nitrogens with one attached hydrogen (secondary N) is 1. The first kappa shape index (κ1) is 15.2. The van der Waals surface area contributed by atoms with Crippen LogP contribution >= 0.6 is 11.6 Å². The van der Waals surface area contributed by atoms with Gasteiger partial charge >= 0.3 is 0 Å². The minimum atomic E-state index is -0.728.